The Hall–Kier alpha value is -0.510. The molecular weight excluding hydrogens is 250 g/mol. The topological polar surface area (TPSA) is 52.0 Å². The van der Waals surface area contributed by atoms with Crippen LogP contribution in [0.2, 0.25) is 0 Å². The van der Waals surface area contributed by atoms with Crippen LogP contribution in [0.25, 0.3) is 0 Å². The molecule has 0 unspecified atom stereocenters. The van der Waals surface area contributed by atoms with Crippen molar-refractivity contribution in [1.29, 1.82) is 0 Å². The first-order chi connectivity index (χ1) is 6.32. The van der Waals surface area contributed by atoms with Gasteiger partial charge in [-0.2, -0.15) is 0 Å². The summed E-state index contributed by atoms with van der Waals surface area (Å²) >= 11 is 0. The van der Waals surface area contributed by atoms with Gasteiger partial charge in [-0.15, -0.1) is 24.8 Å². The van der Waals surface area contributed by atoms with Crippen molar-refractivity contribution in [3.8, 4) is 0 Å². The van der Waals surface area contributed by atoms with E-state index in [-0.39, 0.29) is 42.1 Å². The summed E-state index contributed by atoms with van der Waals surface area (Å²) in [6.45, 7) is 6.01. The van der Waals surface area contributed by atoms with Crippen LogP contribution in [0.5, 0.6) is 0 Å². The quantitative estimate of drug-likeness (QED) is 0.768. The fourth-order valence-corrected chi connectivity index (χ4v) is 1.28. The van der Waals surface area contributed by atoms with E-state index in [9.17, 15) is 4.39 Å². The van der Waals surface area contributed by atoms with Crippen LogP contribution < -0.4 is 11.5 Å². The van der Waals surface area contributed by atoms with E-state index in [1.807, 2.05) is 20.8 Å². The van der Waals surface area contributed by atoms with Crippen molar-refractivity contribution in [2.45, 2.75) is 26.8 Å². The van der Waals surface area contributed by atoms with Gasteiger partial charge in [-0.05, 0) is 29.2 Å². The molecule has 94 valence electrons. The highest BCUT2D eigenvalue weighted by molar-refractivity contribution is 5.85. The predicted octanol–water partition coefficient (Wildman–Crippen LogP) is 3.30. The van der Waals surface area contributed by atoms with Gasteiger partial charge in [-0.25, -0.2) is 4.39 Å². The Balaban J connectivity index is 0. The van der Waals surface area contributed by atoms with Gasteiger partial charge in [0.15, 0.2) is 0 Å². The first-order valence-corrected chi connectivity index (χ1v) is 4.63. The molecule has 1 atom stereocenters. The molecule has 4 N–H and O–H groups in total. The fraction of sp³-hybridized carbons (Fsp3) is 0.455. The minimum Gasteiger partial charge on any atom is -0.398 e. The molecule has 16 heavy (non-hydrogen) atoms. The third-order valence-electron chi connectivity index (χ3n) is 2.32. The van der Waals surface area contributed by atoms with Crippen molar-refractivity contribution in [3.63, 3.8) is 0 Å². The third kappa shape index (κ3) is 4.16. The maximum Gasteiger partial charge on any atom is 0.123 e. The summed E-state index contributed by atoms with van der Waals surface area (Å²) in [6, 6.07) is 4.05. The van der Waals surface area contributed by atoms with E-state index < -0.39 is 0 Å². The third-order valence-corrected chi connectivity index (χ3v) is 2.32. The maximum absolute atomic E-state index is 13.0. The summed E-state index contributed by atoms with van der Waals surface area (Å²) in [7, 11) is 0. The molecule has 1 aromatic carbocycles. The minimum absolute atomic E-state index is 0. The molecule has 0 aliphatic carbocycles. The second-order valence-electron chi connectivity index (χ2n) is 4.62. The van der Waals surface area contributed by atoms with Crippen LogP contribution in [0.15, 0.2) is 18.2 Å². The van der Waals surface area contributed by atoms with Crippen LogP contribution >= 0.6 is 24.8 Å². The molecule has 0 aliphatic rings. The zero-order chi connectivity index (χ0) is 10.9. The molecule has 0 heterocycles. The van der Waals surface area contributed by atoms with Gasteiger partial charge in [0.05, 0.1) is 0 Å². The Morgan fingerprint density at radius 1 is 1.19 bits per heavy atom. The molecular formula is C11H19Cl2FN2. The van der Waals surface area contributed by atoms with Gasteiger partial charge in [-0.3, -0.25) is 0 Å². The standard InChI is InChI=1S/C11H17FN2.2ClH/c1-11(2,3)10(14)8-6-7(12)4-5-9(8)13;;/h4-6,10H,13-14H2,1-3H3;2*1H/t10-;;/m1../s1. The Labute approximate surface area is 108 Å². The van der Waals surface area contributed by atoms with E-state index in [2.05, 4.69) is 0 Å². The van der Waals surface area contributed by atoms with Gasteiger partial charge >= 0.3 is 0 Å². The lowest BCUT2D eigenvalue weighted by Crippen LogP contribution is -2.27. The van der Waals surface area contributed by atoms with E-state index in [0.717, 1.165) is 0 Å². The van der Waals surface area contributed by atoms with Crippen LogP contribution in [-0.2, 0) is 0 Å². The van der Waals surface area contributed by atoms with Crippen molar-refractivity contribution >= 4 is 30.5 Å². The van der Waals surface area contributed by atoms with E-state index in [4.69, 9.17) is 11.5 Å². The summed E-state index contributed by atoms with van der Waals surface area (Å²) in [5.41, 5.74) is 12.8. The zero-order valence-electron chi connectivity index (χ0n) is 9.66. The van der Waals surface area contributed by atoms with E-state index in [0.29, 0.717) is 11.3 Å². The van der Waals surface area contributed by atoms with Crippen molar-refractivity contribution in [2.75, 3.05) is 5.73 Å². The Morgan fingerprint density at radius 2 is 1.69 bits per heavy atom. The molecule has 0 amide bonds. The normalized spacial score (nSPS) is 12.3. The number of anilines is 1. The molecule has 0 radical (unpaired) electrons. The fourth-order valence-electron chi connectivity index (χ4n) is 1.28. The number of halogens is 3. The molecule has 1 rings (SSSR count). The second kappa shape index (κ2) is 6.28. The summed E-state index contributed by atoms with van der Waals surface area (Å²) in [4.78, 5) is 0. The van der Waals surface area contributed by atoms with Crippen molar-refractivity contribution in [1.82, 2.24) is 0 Å². The smallest absolute Gasteiger partial charge is 0.123 e. The molecule has 0 aliphatic heterocycles. The molecule has 0 fully saturated rings. The number of rotatable bonds is 1. The Bertz CT molecular complexity index is 337. The summed E-state index contributed by atoms with van der Waals surface area (Å²) in [6.07, 6.45) is 0. The number of hydrogen-bond acceptors (Lipinski definition) is 2. The summed E-state index contributed by atoms with van der Waals surface area (Å²) in [5.74, 6) is -0.297. The molecule has 1 aromatic rings. The lowest BCUT2D eigenvalue weighted by molar-refractivity contribution is 0.327. The number of hydrogen-bond donors (Lipinski definition) is 2. The summed E-state index contributed by atoms with van der Waals surface area (Å²) in [5, 5.41) is 0. The van der Waals surface area contributed by atoms with Crippen LogP contribution in [0.4, 0.5) is 10.1 Å². The second-order valence-corrected chi connectivity index (χ2v) is 4.62. The number of benzene rings is 1. The average molecular weight is 269 g/mol. The molecule has 0 spiro atoms. The van der Waals surface area contributed by atoms with Gasteiger partial charge in [0.25, 0.3) is 0 Å². The highest BCUT2D eigenvalue weighted by Crippen LogP contribution is 2.33. The Kier molecular flexibility index (Phi) is 7.02. The van der Waals surface area contributed by atoms with Crippen LogP contribution in [0.1, 0.15) is 32.4 Å². The van der Waals surface area contributed by atoms with Gasteiger partial charge in [-0.1, -0.05) is 20.8 Å². The first kappa shape index (κ1) is 17.9. The first-order valence-electron chi connectivity index (χ1n) is 4.63. The van der Waals surface area contributed by atoms with E-state index in [1.165, 1.54) is 12.1 Å². The number of nitrogens with two attached hydrogens (primary N) is 2. The summed E-state index contributed by atoms with van der Waals surface area (Å²) < 4.78 is 13.0. The van der Waals surface area contributed by atoms with Crippen molar-refractivity contribution < 1.29 is 4.39 Å². The zero-order valence-corrected chi connectivity index (χ0v) is 11.3. The average Bonchev–Trinajstić information content (AvgIpc) is 2.06. The lowest BCUT2D eigenvalue weighted by atomic mass is 9.82. The van der Waals surface area contributed by atoms with Crippen LogP contribution in [-0.4, -0.2) is 0 Å². The Morgan fingerprint density at radius 3 is 2.12 bits per heavy atom. The molecule has 0 aromatic heterocycles. The highest BCUT2D eigenvalue weighted by Gasteiger charge is 2.24. The molecule has 2 nitrogen and oxygen atoms in total. The van der Waals surface area contributed by atoms with Gasteiger partial charge in [0.1, 0.15) is 5.82 Å². The van der Waals surface area contributed by atoms with Crippen molar-refractivity contribution in [2.24, 2.45) is 11.1 Å². The number of nitrogen functional groups attached to an aromatic ring is 1. The van der Waals surface area contributed by atoms with Crippen LogP contribution in [0, 0.1) is 11.2 Å². The predicted molar refractivity (Wildman–Crippen MR) is 71.7 cm³/mol. The SMILES string of the molecule is CC(C)(C)[C@H](N)c1cc(F)ccc1N.Cl.Cl. The minimum atomic E-state index is -0.297. The van der Waals surface area contributed by atoms with Gasteiger partial charge in [0, 0.05) is 11.7 Å². The largest absolute Gasteiger partial charge is 0.398 e. The molecule has 0 saturated heterocycles. The van der Waals surface area contributed by atoms with Crippen molar-refractivity contribution in [3.05, 3.63) is 29.6 Å². The van der Waals surface area contributed by atoms with Crippen LogP contribution in [0.3, 0.4) is 0 Å². The highest BCUT2D eigenvalue weighted by atomic mass is 35.5. The van der Waals surface area contributed by atoms with Gasteiger partial charge in [0.2, 0.25) is 0 Å². The van der Waals surface area contributed by atoms with Gasteiger partial charge < -0.3 is 11.5 Å². The molecule has 0 saturated carbocycles. The monoisotopic (exact) mass is 268 g/mol. The maximum atomic E-state index is 13.0. The molecule has 0 bridgehead atoms. The van der Waals surface area contributed by atoms with E-state index >= 15 is 0 Å². The van der Waals surface area contributed by atoms with E-state index in [1.54, 1.807) is 6.07 Å². The molecule has 5 heteroatoms. The lowest BCUT2D eigenvalue weighted by Gasteiger charge is -2.28.